The molecule has 2 aromatic rings. The van der Waals surface area contributed by atoms with Crippen LogP contribution in [0.3, 0.4) is 0 Å². The first-order chi connectivity index (χ1) is 8.74. The van der Waals surface area contributed by atoms with Gasteiger partial charge in [0, 0.05) is 28.2 Å². The summed E-state index contributed by atoms with van der Waals surface area (Å²) in [5, 5.41) is 5.54. The largest absolute Gasteiger partial charge is 0.334 e. The summed E-state index contributed by atoms with van der Waals surface area (Å²) in [6.45, 7) is 0.462. The number of aromatic nitrogens is 1. The summed E-state index contributed by atoms with van der Waals surface area (Å²) in [4.78, 5) is 15.6. The molecule has 1 aromatic heterocycles. The molecule has 18 heavy (non-hydrogen) atoms. The zero-order chi connectivity index (χ0) is 12.8. The Bertz CT molecular complexity index is 514. The first-order valence-corrected chi connectivity index (χ1v) is 6.51. The molecule has 5 heteroatoms. The van der Waals surface area contributed by atoms with Crippen molar-refractivity contribution >= 4 is 34.3 Å². The van der Waals surface area contributed by atoms with Crippen LogP contribution in [0.25, 0.3) is 0 Å². The summed E-state index contributed by atoms with van der Waals surface area (Å²) in [5.74, 6) is 0. The molecule has 0 atom stereocenters. The van der Waals surface area contributed by atoms with Gasteiger partial charge in [-0.05, 0) is 58.5 Å². The third-order valence-corrected chi connectivity index (χ3v) is 3.00. The highest BCUT2D eigenvalue weighted by molar-refractivity contribution is 14.1. The average molecular weight is 353 g/mol. The van der Waals surface area contributed by atoms with E-state index in [1.54, 1.807) is 12.4 Å². The van der Waals surface area contributed by atoms with Crippen molar-refractivity contribution in [1.82, 2.24) is 10.3 Å². The number of anilines is 1. The Morgan fingerprint density at radius 1 is 1.22 bits per heavy atom. The number of urea groups is 1. The zero-order valence-electron chi connectivity index (χ0n) is 9.56. The van der Waals surface area contributed by atoms with Crippen molar-refractivity contribution in [1.29, 1.82) is 0 Å². The van der Waals surface area contributed by atoms with Crippen molar-refractivity contribution in [2.24, 2.45) is 0 Å². The van der Waals surface area contributed by atoms with Gasteiger partial charge in [-0.3, -0.25) is 4.98 Å². The van der Waals surface area contributed by atoms with Gasteiger partial charge in [0.15, 0.2) is 0 Å². The summed E-state index contributed by atoms with van der Waals surface area (Å²) in [6, 6.07) is 11.2. The van der Waals surface area contributed by atoms with Crippen LogP contribution in [0.15, 0.2) is 48.8 Å². The van der Waals surface area contributed by atoms with Gasteiger partial charge in [0.25, 0.3) is 0 Å². The predicted molar refractivity (Wildman–Crippen MR) is 79.3 cm³/mol. The summed E-state index contributed by atoms with van der Waals surface area (Å²) in [7, 11) is 0. The number of hydrogen-bond donors (Lipinski definition) is 2. The van der Waals surface area contributed by atoms with Gasteiger partial charge in [-0.1, -0.05) is 6.07 Å². The number of amides is 2. The summed E-state index contributed by atoms with van der Waals surface area (Å²) in [5.41, 5.74) is 1.74. The van der Waals surface area contributed by atoms with E-state index in [0.29, 0.717) is 6.54 Å². The number of carbonyl (C=O) groups excluding carboxylic acids is 1. The Labute approximate surface area is 119 Å². The number of nitrogens with one attached hydrogen (secondary N) is 2. The van der Waals surface area contributed by atoms with E-state index in [1.165, 1.54) is 0 Å². The number of benzene rings is 1. The highest BCUT2D eigenvalue weighted by Gasteiger charge is 2.01. The molecule has 0 radical (unpaired) electrons. The Balaban J connectivity index is 1.84. The highest BCUT2D eigenvalue weighted by atomic mass is 127. The Morgan fingerprint density at radius 2 is 2.00 bits per heavy atom. The van der Waals surface area contributed by atoms with Crippen LogP contribution in [0.2, 0.25) is 0 Å². The van der Waals surface area contributed by atoms with Crippen molar-refractivity contribution in [2.45, 2.75) is 6.54 Å². The second-order valence-corrected chi connectivity index (χ2v) is 4.92. The Kier molecular flexibility index (Phi) is 4.52. The molecule has 2 N–H and O–H groups in total. The van der Waals surface area contributed by atoms with Crippen molar-refractivity contribution < 1.29 is 4.79 Å². The smallest absolute Gasteiger partial charge is 0.319 e. The molecule has 0 unspecified atom stereocenters. The van der Waals surface area contributed by atoms with Crippen LogP contribution >= 0.6 is 22.6 Å². The molecule has 1 aromatic carbocycles. The number of hydrogen-bond acceptors (Lipinski definition) is 2. The molecular weight excluding hydrogens is 341 g/mol. The molecule has 0 bridgehead atoms. The minimum absolute atomic E-state index is 0.222. The lowest BCUT2D eigenvalue weighted by molar-refractivity contribution is 0.251. The van der Waals surface area contributed by atoms with E-state index in [4.69, 9.17) is 0 Å². The molecule has 0 aliphatic heterocycles. The highest BCUT2D eigenvalue weighted by Crippen LogP contribution is 2.10. The molecule has 0 spiro atoms. The fourth-order valence-corrected chi connectivity index (χ4v) is 1.75. The van der Waals surface area contributed by atoms with Gasteiger partial charge < -0.3 is 10.6 Å². The van der Waals surface area contributed by atoms with Crippen LogP contribution in [-0.4, -0.2) is 11.0 Å². The predicted octanol–water partition coefficient (Wildman–Crippen LogP) is 3.01. The molecule has 92 valence electrons. The fraction of sp³-hybridized carbons (Fsp3) is 0.0769. The molecule has 0 aliphatic rings. The molecule has 4 nitrogen and oxygen atoms in total. The number of rotatable bonds is 3. The van der Waals surface area contributed by atoms with E-state index < -0.39 is 0 Å². The van der Waals surface area contributed by atoms with Crippen molar-refractivity contribution in [2.75, 3.05) is 5.32 Å². The lowest BCUT2D eigenvalue weighted by Crippen LogP contribution is -2.28. The van der Waals surface area contributed by atoms with E-state index in [9.17, 15) is 4.79 Å². The van der Waals surface area contributed by atoms with Gasteiger partial charge in [0.2, 0.25) is 0 Å². The molecule has 0 saturated heterocycles. The average Bonchev–Trinajstić information content (AvgIpc) is 2.40. The molecule has 0 saturated carbocycles. The lowest BCUT2D eigenvalue weighted by atomic mass is 10.3. The first kappa shape index (κ1) is 12.8. The molecular formula is C13H12IN3O. The van der Waals surface area contributed by atoms with Crippen LogP contribution in [0.4, 0.5) is 10.5 Å². The number of nitrogens with zero attached hydrogens (tertiary/aromatic N) is 1. The van der Waals surface area contributed by atoms with Crippen LogP contribution in [0.1, 0.15) is 5.56 Å². The minimum Gasteiger partial charge on any atom is -0.334 e. The number of halogens is 1. The van der Waals surface area contributed by atoms with Gasteiger partial charge in [0.1, 0.15) is 0 Å². The molecule has 1 heterocycles. The third kappa shape index (κ3) is 3.99. The molecule has 2 amide bonds. The van der Waals surface area contributed by atoms with Gasteiger partial charge in [-0.15, -0.1) is 0 Å². The topological polar surface area (TPSA) is 54.0 Å². The molecule has 2 rings (SSSR count). The van der Waals surface area contributed by atoms with Crippen LogP contribution in [0.5, 0.6) is 0 Å². The van der Waals surface area contributed by atoms with E-state index >= 15 is 0 Å². The van der Waals surface area contributed by atoms with Crippen LogP contribution in [0, 0.1) is 3.57 Å². The number of carbonyl (C=O) groups is 1. The maximum Gasteiger partial charge on any atom is 0.319 e. The van der Waals surface area contributed by atoms with Crippen molar-refractivity contribution in [3.63, 3.8) is 0 Å². The van der Waals surface area contributed by atoms with Crippen molar-refractivity contribution in [3.8, 4) is 0 Å². The van der Waals surface area contributed by atoms with E-state index in [2.05, 4.69) is 38.2 Å². The number of pyridine rings is 1. The van der Waals surface area contributed by atoms with E-state index in [1.807, 2.05) is 36.4 Å². The normalized spacial score (nSPS) is 9.83. The minimum atomic E-state index is -0.222. The standard InChI is InChI=1S/C13H12IN3O/c14-11-3-5-12(6-4-11)17-13(18)16-9-10-2-1-7-15-8-10/h1-8H,9H2,(H2,16,17,18). The Morgan fingerprint density at radius 3 is 2.67 bits per heavy atom. The summed E-state index contributed by atoms with van der Waals surface area (Å²) < 4.78 is 1.13. The van der Waals surface area contributed by atoms with Crippen molar-refractivity contribution in [3.05, 3.63) is 57.9 Å². The first-order valence-electron chi connectivity index (χ1n) is 5.43. The van der Waals surface area contributed by atoms with Gasteiger partial charge in [0.05, 0.1) is 0 Å². The van der Waals surface area contributed by atoms with Crippen LogP contribution < -0.4 is 10.6 Å². The third-order valence-electron chi connectivity index (χ3n) is 2.28. The Hall–Kier alpha value is -1.63. The zero-order valence-corrected chi connectivity index (χ0v) is 11.7. The second-order valence-electron chi connectivity index (χ2n) is 3.68. The van der Waals surface area contributed by atoms with Gasteiger partial charge in [-0.25, -0.2) is 4.79 Å². The lowest BCUT2D eigenvalue weighted by Gasteiger charge is -2.07. The quantitative estimate of drug-likeness (QED) is 0.834. The summed E-state index contributed by atoms with van der Waals surface area (Å²) in [6.07, 6.45) is 3.43. The van der Waals surface area contributed by atoms with E-state index in [-0.39, 0.29) is 6.03 Å². The molecule has 0 aliphatic carbocycles. The second kappa shape index (κ2) is 6.34. The monoisotopic (exact) mass is 353 g/mol. The maximum absolute atomic E-state index is 11.6. The summed E-state index contributed by atoms with van der Waals surface area (Å²) >= 11 is 2.22. The van der Waals surface area contributed by atoms with Gasteiger partial charge >= 0.3 is 6.03 Å². The maximum atomic E-state index is 11.6. The SMILES string of the molecule is O=C(NCc1cccnc1)Nc1ccc(I)cc1. The molecule has 0 fully saturated rings. The fourth-order valence-electron chi connectivity index (χ4n) is 1.39. The van der Waals surface area contributed by atoms with Crippen LogP contribution in [-0.2, 0) is 6.54 Å². The van der Waals surface area contributed by atoms with Gasteiger partial charge in [-0.2, -0.15) is 0 Å². The van der Waals surface area contributed by atoms with E-state index in [0.717, 1.165) is 14.8 Å².